The van der Waals surface area contributed by atoms with Gasteiger partial charge in [-0.05, 0) is 168 Å². The molecule has 0 radical (unpaired) electrons. The summed E-state index contributed by atoms with van der Waals surface area (Å²) < 4.78 is 0. The Kier molecular flexibility index (Phi) is 9.89. The van der Waals surface area contributed by atoms with Gasteiger partial charge in [0.05, 0.1) is 12.1 Å². The predicted molar refractivity (Wildman–Crippen MR) is 242 cm³/mol. The minimum Gasteiger partial charge on any atom is -0.338 e. The van der Waals surface area contributed by atoms with Gasteiger partial charge in [0.25, 0.3) is 0 Å². The summed E-state index contributed by atoms with van der Waals surface area (Å²) >= 11 is 0. The van der Waals surface area contributed by atoms with Crippen molar-refractivity contribution in [2.24, 2.45) is 34.0 Å². The third-order valence-electron chi connectivity index (χ3n) is 14.9. The van der Waals surface area contributed by atoms with Crippen molar-refractivity contribution in [2.45, 2.75) is 138 Å². The lowest BCUT2D eigenvalue weighted by Gasteiger charge is -2.43. The van der Waals surface area contributed by atoms with E-state index in [0.29, 0.717) is 29.8 Å². The summed E-state index contributed by atoms with van der Waals surface area (Å²) in [5, 5.41) is 0. The number of allylic oxidation sites excluding steroid dienone is 22. The van der Waals surface area contributed by atoms with E-state index in [2.05, 4.69) is 168 Å². The van der Waals surface area contributed by atoms with E-state index in [9.17, 15) is 0 Å². The zero-order chi connectivity index (χ0) is 39.7. The summed E-state index contributed by atoms with van der Waals surface area (Å²) in [5.41, 5.74) is 17.1. The van der Waals surface area contributed by atoms with Crippen LogP contribution >= 0.6 is 0 Å². The van der Waals surface area contributed by atoms with Gasteiger partial charge in [-0.2, -0.15) is 0 Å². The van der Waals surface area contributed by atoms with Gasteiger partial charge in [-0.15, -0.1) is 0 Å². The van der Waals surface area contributed by atoms with Crippen molar-refractivity contribution in [3.05, 3.63) is 165 Å². The van der Waals surface area contributed by atoms with Crippen LogP contribution in [0.1, 0.15) is 126 Å². The largest absolute Gasteiger partial charge is 0.338 e. The van der Waals surface area contributed by atoms with Crippen LogP contribution in [0.2, 0.25) is 0 Å². The summed E-state index contributed by atoms with van der Waals surface area (Å²) in [6.45, 7) is 19.2. The first-order valence-corrected chi connectivity index (χ1v) is 22.6. The first-order chi connectivity index (χ1) is 27.3. The molecule has 57 heavy (non-hydrogen) atoms. The zero-order valence-corrected chi connectivity index (χ0v) is 36.4. The molecule has 0 aromatic heterocycles. The Morgan fingerprint density at radius 1 is 0.596 bits per heavy atom. The molecule has 0 heterocycles. The lowest BCUT2D eigenvalue weighted by Crippen LogP contribution is -2.38. The molecule has 0 bridgehead atoms. The minimum atomic E-state index is 0.0358. The van der Waals surface area contributed by atoms with Gasteiger partial charge < -0.3 is 9.80 Å². The molecule has 0 saturated heterocycles. The van der Waals surface area contributed by atoms with E-state index < -0.39 is 0 Å². The minimum absolute atomic E-state index is 0.0358. The normalized spacial score (nSPS) is 30.2. The molecular formula is C55H68N2. The van der Waals surface area contributed by atoms with Crippen molar-refractivity contribution < 1.29 is 0 Å². The van der Waals surface area contributed by atoms with Crippen molar-refractivity contribution >= 4 is 0 Å². The summed E-state index contributed by atoms with van der Waals surface area (Å²) in [5.74, 6) is 1.73. The number of rotatable bonds is 6. The van der Waals surface area contributed by atoms with Gasteiger partial charge in [-0.1, -0.05) is 134 Å². The maximum Gasteiger partial charge on any atom is 0.0557 e. The molecule has 0 N–H and O–H groups in total. The van der Waals surface area contributed by atoms with E-state index in [4.69, 9.17) is 0 Å². The third-order valence-corrected chi connectivity index (χ3v) is 14.9. The van der Waals surface area contributed by atoms with Crippen LogP contribution in [0.4, 0.5) is 0 Å². The van der Waals surface area contributed by atoms with Crippen LogP contribution in [0.15, 0.2) is 165 Å². The Morgan fingerprint density at radius 3 is 1.65 bits per heavy atom. The summed E-state index contributed by atoms with van der Waals surface area (Å²) in [4.78, 5) is 5.56. The summed E-state index contributed by atoms with van der Waals surface area (Å²) in [7, 11) is 0. The van der Waals surface area contributed by atoms with E-state index in [0.717, 1.165) is 32.1 Å². The van der Waals surface area contributed by atoms with Gasteiger partial charge >= 0.3 is 0 Å². The molecule has 0 spiro atoms. The first kappa shape index (κ1) is 38.5. The van der Waals surface area contributed by atoms with E-state index >= 15 is 0 Å². The van der Waals surface area contributed by atoms with E-state index in [1.54, 1.807) is 27.9 Å². The third kappa shape index (κ3) is 7.02. The van der Waals surface area contributed by atoms with Gasteiger partial charge in [0, 0.05) is 22.8 Å². The molecule has 5 atom stereocenters. The van der Waals surface area contributed by atoms with Crippen molar-refractivity contribution in [1.29, 1.82) is 0 Å². The molecule has 0 aliphatic heterocycles. The fraction of sp³-hybridized carbons (Fsp3) is 0.491. The second-order valence-electron chi connectivity index (χ2n) is 21.0. The quantitative estimate of drug-likeness (QED) is 0.266. The molecule has 0 aromatic carbocycles. The molecule has 0 fully saturated rings. The fourth-order valence-corrected chi connectivity index (χ4v) is 11.6. The van der Waals surface area contributed by atoms with Gasteiger partial charge in [0.15, 0.2) is 0 Å². The Hall–Kier alpha value is -4.04. The topological polar surface area (TPSA) is 6.48 Å². The number of fused-ring (bicyclic) bond motifs is 4. The van der Waals surface area contributed by atoms with Crippen LogP contribution in [0.3, 0.4) is 0 Å². The van der Waals surface area contributed by atoms with Gasteiger partial charge in [0.1, 0.15) is 0 Å². The summed E-state index contributed by atoms with van der Waals surface area (Å²) in [6.07, 6.45) is 55.0. The highest BCUT2D eigenvalue weighted by atomic mass is 15.2. The lowest BCUT2D eigenvalue weighted by molar-refractivity contribution is 0.279. The van der Waals surface area contributed by atoms with E-state index in [1.807, 2.05) is 0 Å². The zero-order valence-electron chi connectivity index (χ0n) is 36.4. The molecule has 0 amide bonds. The molecule has 2 heteroatoms. The van der Waals surface area contributed by atoms with Crippen LogP contribution < -0.4 is 0 Å². The predicted octanol–water partition coefficient (Wildman–Crippen LogP) is 14.4. The smallest absolute Gasteiger partial charge is 0.0557 e. The summed E-state index contributed by atoms with van der Waals surface area (Å²) in [6, 6.07) is 0.642. The lowest BCUT2D eigenvalue weighted by atomic mass is 9.72. The highest BCUT2D eigenvalue weighted by molar-refractivity contribution is 5.59. The molecule has 0 aromatic rings. The highest BCUT2D eigenvalue weighted by Gasteiger charge is 2.47. The standard InChI is InChI=1S/C55H68N2/c1-53(2,3)39-23-27-41(28-24-39)56(51-21-13-17-37-15-9-11-19-45(37)51)43-31-33-47-48-34-32-44(36-50(48)55(7,8)49(47)35-43)57(42-29-25-40(26-30-42)54(4,5)6)52-22-14-18-38-16-10-12-20-46(38)52/h11-14,19-27,29,31,33,36-38,41-42,49H,9-10,15-18,28,30,32,34-35H2,1-8H3. The molecule has 0 saturated carbocycles. The molecule has 2 nitrogen and oxygen atoms in total. The van der Waals surface area contributed by atoms with Crippen LogP contribution in [0.25, 0.3) is 0 Å². The monoisotopic (exact) mass is 757 g/mol. The number of hydrogen-bond acceptors (Lipinski definition) is 2. The van der Waals surface area contributed by atoms with Crippen LogP contribution in [0, 0.1) is 34.0 Å². The SMILES string of the molecule is CC(C)(C)C1=CCC(N(C2=CC3=C(CC2)C2=CC=C(N(C4=C5C=CCCC5CC=C4)C4C=CC(C(C)(C)C)=CC4)CC2C3(C)C)C2=C3C=CCCC3CC=C2)C=C1. The maximum absolute atomic E-state index is 2.79. The first-order valence-electron chi connectivity index (χ1n) is 22.6. The van der Waals surface area contributed by atoms with Gasteiger partial charge in [0.2, 0.25) is 0 Å². The Bertz CT molecular complexity index is 2130. The van der Waals surface area contributed by atoms with E-state index in [1.165, 1.54) is 72.5 Å². The molecular weight excluding hydrogens is 689 g/mol. The van der Waals surface area contributed by atoms with Crippen molar-refractivity contribution in [3.8, 4) is 0 Å². The van der Waals surface area contributed by atoms with Crippen molar-refractivity contribution in [1.82, 2.24) is 9.80 Å². The fourth-order valence-electron chi connectivity index (χ4n) is 11.6. The van der Waals surface area contributed by atoms with Crippen molar-refractivity contribution in [3.63, 3.8) is 0 Å². The van der Waals surface area contributed by atoms with Crippen molar-refractivity contribution in [2.75, 3.05) is 0 Å². The Labute approximate surface area is 345 Å². The average molecular weight is 757 g/mol. The Morgan fingerprint density at radius 2 is 1.14 bits per heavy atom. The molecule has 298 valence electrons. The van der Waals surface area contributed by atoms with Crippen LogP contribution in [-0.4, -0.2) is 21.9 Å². The maximum atomic E-state index is 2.79. The Balaban J connectivity index is 1.09. The average Bonchev–Trinajstić information content (AvgIpc) is 3.43. The highest BCUT2D eigenvalue weighted by Crippen LogP contribution is 2.58. The molecule has 9 rings (SSSR count). The molecule has 5 unspecified atom stereocenters. The van der Waals surface area contributed by atoms with Crippen LogP contribution in [0.5, 0.6) is 0 Å². The second-order valence-corrected chi connectivity index (χ2v) is 21.0. The number of hydrogen-bond donors (Lipinski definition) is 0. The van der Waals surface area contributed by atoms with E-state index in [-0.39, 0.29) is 16.2 Å². The molecule has 9 aliphatic carbocycles. The van der Waals surface area contributed by atoms with Gasteiger partial charge in [-0.25, -0.2) is 0 Å². The second kappa shape index (κ2) is 14.7. The van der Waals surface area contributed by atoms with Gasteiger partial charge in [-0.3, -0.25) is 0 Å². The molecule has 9 aliphatic rings. The number of nitrogens with zero attached hydrogens (tertiary/aromatic N) is 2. The van der Waals surface area contributed by atoms with Crippen LogP contribution in [-0.2, 0) is 0 Å².